The summed E-state index contributed by atoms with van der Waals surface area (Å²) in [6.07, 6.45) is 17.4. The Balaban J connectivity index is 1.68. The summed E-state index contributed by atoms with van der Waals surface area (Å²) in [5.41, 5.74) is 2.67. The molecule has 0 aliphatic heterocycles. The number of aromatic hydroxyl groups is 1. The predicted octanol–water partition coefficient (Wildman–Crippen LogP) is 4.81. The van der Waals surface area contributed by atoms with Gasteiger partial charge < -0.3 is 5.11 Å². The zero-order valence-electron chi connectivity index (χ0n) is 15.9. The van der Waals surface area contributed by atoms with Crippen LogP contribution in [0.15, 0.2) is 33.1 Å². The molecule has 0 saturated carbocycles. The van der Waals surface area contributed by atoms with E-state index in [1.807, 2.05) is 0 Å². The molecule has 0 spiro atoms. The van der Waals surface area contributed by atoms with Gasteiger partial charge in [-0.25, -0.2) is 0 Å². The van der Waals surface area contributed by atoms with Crippen LogP contribution in [-0.2, 0) is 6.54 Å². The maximum Gasteiger partial charge on any atom is 0.264 e. The van der Waals surface area contributed by atoms with Gasteiger partial charge in [-0.05, 0) is 76.4 Å². The average molecular weight is 388 g/mol. The van der Waals surface area contributed by atoms with Crippen molar-refractivity contribution >= 4 is 18.4 Å². The van der Waals surface area contributed by atoms with E-state index in [4.69, 9.17) is 12.2 Å². The van der Waals surface area contributed by atoms with Crippen molar-refractivity contribution in [1.29, 1.82) is 0 Å². The number of hydrogen-bond acceptors (Lipinski definition) is 4. The zero-order chi connectivity index (χ0) is 19.1. The summed E-state index contributed by atoms with van der Waals surface area (Å²) in [5.74, 6) is -0.0826. The van der Waals surface area contributed by atoms with E-state index in [2.05, 4.69) is 22.1 Å². The monoisotopic (exact) mass is 387 g/mol. The maximum atomic E-state index is 12.2. The van der Waals surface area contributed by atoms with Crippen molar-refractivity contribution in [2.75, 3.05) is 6.54 Å². The normalized spacial score (nSPS) is 17.8. The molecule has 0 fully saturated rings. The van der Waals surface area contributed by atoms with E-state index < -0.39 is 0 Å². The number of allylic oxidation sites excluding steroid dienone is 3. The number of aliphatic imine (C=N–C) groups is 1. The third-order valence-electron chi connectivity index (χ3n) is 5.42. The lowest BCUT2D eigenvalue weighted by Crippen LogP contribution is -2.19. The van der Waals surface area contributed by atoms with Gasteiger partial charge in [0.1, 0.15) is 5.56 Å². The van der Waals surface area contributed by atoms with E-state index in [1.54, 1.807) is 4.57 Å². The predicted molar refractivity (Wildman–Crippen MR) is 112 cm³/mol. The molecular formula is C21H29N3O2S. The number of rotatable bonds is 7. The molecular weight excluding hydrogens is 358 g/mol. The number of aromatic nitrogens is 2. The summed E-state index contributed by atoms with van der Waals surface area (Å²) in [6, 6.07) is 0. The second-order valence-corrected chi connectivity index (χ2v) is 7.79. The van der Waals surface area contributed by atoms with Crippen molar-refractivity contribution in [2.24, 2.45) is 4.99 Å². The molecule has 1 heterocycles. The minimum Gasteiger partial charge on any atom is -0.494 e. The number of H-pyrrole nitrogens is 1. The Kier molecular flexibility index (Phi) is 7.21. The topological polar surface area (TPSA) is 70.4 Å². The Morgan fingerprint density at radius 1 is 1.11 bits per heavy atom. The first kappa shape index (κ1) is 19.8. The molecule has 1 aromatic rings. The van der Waals surface area contributed by atoms with E-state index in [1.165, 1.54) is 43.0 Å². The van der Waals surface area contributed by atoms with Crippen molar-refractivity contribution in [3.05, 3.63) is 44.0 Å². The van der Waals surface area contributed by atoms with Crippen LogP contribution >= 0.6 is 12.2 Å². The van der Waals surface area contributed by atoms with Gasteiger partial charge in [-0.15, -0.1) is 0 Å². The van der Waals surface area contributed by atoms with E-state index >= 15 is 0 Å². The Morgan fingerprint density at radius 3 is 2.41 bits per heavy atom. The summed E-state index contributed by atoms with van der Waals surface area (Å²) in [6.45, 7) is 1.20. The Bertz CT molecular complexity index is 861. The molecule has 2 aliphatic carbocycles. The lowest BCUT2D eigenvalue weighted by atomic mass is 9.97. The Morgan fingerprint density at radius 2 is 1.78 bits per heavy atom. The number of nitrogens with zero attached hydrogens (tertiary/aromatic N) is 2. The molecule has 146 valence electrons. The molecule has 3 rings (SSSR count). The highest BCUT2D eigenvalue weighted by Gasteiger charge is 2.12. The molecule has 0 amide bonds. The first-order valence-corrected chi connectivity index (χ1v) is 10.5. The molecule has 2 aliphatic rings. The van der Waals surface area contributed by atoms with Gasteiger partial charge in [0.05, 0.1) is 0 Å². The van der Waals surface area contributed by atoms with Gasteiger partial charge in [0.15, 0.2) is 4.77 Å². The lowest BCUT2D eigenvalue weighted by Gasteiger charge is -2.15. The standard InChI is InChI=1S/C21H29N3O2S/c25-19-18(15-22-13-11-16-7-3-1-4-8-16)20(26)24(21(27)23-19)14-12-17-9-5-2-6-10-17/h7,9,15,26H,1-6,8,10-14H2,(H,23,25,27). The fourth-order valence-corrected chi connectivity index (χ4v) is 4.05. The molecule has 0 unspecified atom stereocenters. The molecule has 0 aromatic carbocycles. The SMILES string of the molecule is O=c1[nH]c(=S)n(CCC2=CCCCC2)c(O)c1C=NCCC1=CCCCC1. The number of nitrogens with one attached hydrogen (secondary N) is 1. The summed E-state index contributed by atoms with van der Waals surface area (Å²) >= 11 is 5.25. The van der Waals surface area contributed by atoms with Crippen molar-refractivity contribution < 1.29 is 5.11 Å². The van der Waals surface area contributed by atoms with Gasteiger partial charge >= 0.3 is 0 Å². The number of hydrogen-bond donors (Lipinski definition) is 2. The molecule has 6 heteroatoms. The lowest BCUT2D eigenvalue weighted by molar-refractivity contribution is 0.402. The molecule has 2 N–H and O–H groups in total. The van der Waals surface area contributed by atoms with Crippen LogP contribution in [0.4, 0.5) is 0 Å². The summed E-state index contributed by atoms with van der Waals surface area (Å²) < 4.78 is 1.87. The highest BCUT2D eigenvalue weighted by Crippen LogP contribution is 2.22. The average Bonchev–Trinajstić information content (AvgIpc) is 2.68. The third-order valence-corrected chi connectivity index (χ3v) is 5.74. The molecule has 5 nitrogen and oxygen atoms in total. The summed E-state index contributed by atoms with van der Waals surface area (Å²) in [5, 5.41) is 10.6. The van der Waals surface area contributed by atoms with Crippen molar-refractivity contribution in [2.45, 2.75) is 70.8 Å². The van der Waals surface area contributed by atoms with Gasteiger partial charge in [0.25, 0.3) is 5.56 Å². The molecule has 27 heavy (non-hydrogen) atoms. The van der Waals surface area contributed by atoms with Crippen LogP contribution < -0.4 is 5.56 Å². The quantitative estimate of drug-likeness (QED) is 0.401. The fourth-order valence-electron chi connectivity index (χ4n) is 3.78. The van der Waals surface area contributed by atoms with Gasteiger partial charge in [-0.2, -0.15) is 0 Å². The number of aromatic amines is 1. The van der Waals surface area contributed by atoms with Crippen LogP contribution in [0, 0.1) is 4.77 Å². The Hall–Kier alpha value is -1.95. The molecule has 1 aromatic heterocycles. The molecule has 0 atom stereocenters. The minimum absolute atomic E-state index is 0.0826. The highest BCUT2D eigenvalue weighted by atomic mass is 32.1. The molecule has 0 bridgehead atoms. The van der Waals surface area contributed by atoms with Crippen LogP contribution in [-0.4, -0.2) is 27.4 Å². The minimum atomic E-state index is -0.383. The van der Waals surface area contributed by atoms with Gasteiger partial charge in [-0.1, -0.05) is 23.3 Å². The largest absolute Gasteiger partial charge is 0.494 e. The van der Waals surface area contributed by atoms with Crippen LogP contribution in [0.2, 0.25) is 0 Å². The maximum absolute atomic E-state index is 12.2. The van der Waals surface area contributed by atoms with Gasteiger partial charge in [0.2, 0.25) is 5.88 Å². The Labute approximate surface area is 165 Å². The van der Waals surface area contributed by atoms with E-state index in [0.29, 0.717) is 13.1 Å². The smallest absolute Gasteiger partial charge is 0.264 e. The van der Waals surface area contributed by atoms with Crippen molar-refractivity contribution in [3.8, 4) is 5.88 Å². The first-order valence-electron chi connectivity index (χ1n) is 10.1. The highest BCUT2D eigenvalue weighted by molar-refractivity contribution is 7.71. The van der Waals surface area contributed by atoms with E-state index in [0.717, 1.165) is 38.5 Å². The van der Waals surface area contributed by atoms with Crippen LogP contribution in [0.1, 0.15) is 69.8 Å². The van der Waals surface area contributed by atoms with Crippen molar-refractivity contribution in [1.82, 2.24) is 9.55 Å². The van der Waals surface area contributed by atoms with Crippen LogP contribution in [0.5, 0.6) is 5.88 Å². The first-order chi connectivity index (χ1) is 13.1. The summed E-state index contributed by atoms with van der Waals surface area (Å²) in [4.78, 5) is 19.2. The third kappa shape index (κ3) is 5.51. The zero-order valence-corrected chi connectivity index (χ0v) is 16.7. The van der Waals surface area contributed by atoms with E-state index in [-0.39, 0.29) is 21.8 Å². The van der Waals surface area contributed by atoms with Crippen LogP contribution in [0.3, 0.4) is 0 Å². The molecule has 0 saturated heterocycles. The van der Waals surface area contributed by atoms with Crippen LogP contribution in [0.25, 0.3) is 0 Å². The molecule has 0 radical (unpaired) electrons. The van der Waals surface area contributed by atoms with Gasteiger partial charge in [-0.3, -0.25) is 19.3 Å². The van der Waals surface area contributed by atoms with E-state index in [9.17, 15) is 9.90 Å². The summed E-state index contributed by atoms with van der Waals surface area (Å²) in [7, 11) is 0. The van der Waals surface area contributed by atoms with Gasteiger partial charge in [0, 0.05) is 19.3 Å². The fraction of sp³-hybridized carbons (Fsp3) is 0.571. The second-order valence-electron chi connectivity index (χ2n) is 7.40. The van der Waals surface area contributed by atoms with Crippen molar-refractivity contribution in [3.63, 3.8) is 0 Å². The second kappa shape index (κ2) is 9.83.